The quantitative estimate of drug-likeness (QED) is 0.754. The van der Waals surface area contributed by atoms with Crippen LogP contribution in [0.2, 0.25) is 0 Å². The number of halogens is 2. The van der Waals surface area contributed by atoms with Gasteiger partial charge in [0.2, 0.25) is 0 Å². The summed E-state index contributed by atoms with van der Waals surface area (Å²) in [6, 6.07) is 3.69. The zero-order valence-electron chi connectivity index (χ0n) is 12.2. The lowest BCUT2D eigenvalue weighted by Crippen LogP contribution is -2.46. The van der Waals surface area contributed by atoms with E-state index >= 15 is 0 Å². The van der Waals surface area contributed by atoms with Gasteiger partial charge in [-0.15, -0.1) is 0 Å². The Morgan fingerprint density at radius 3 is 2.57 bits per heavy atom. The highest BCUT2D eigenvalue weighted by atomic mass is 19.2. The van der Waals surface area contributed by atoms with Gasteiger partial charge >= 0.3 is 0 Å². The van der Waals surface area contributed by atoms with E-state index in [1.807, 2.05) is 0 Å². The molecule has 1 aromatic carbocycles. The molecule has 0 heterocycles. The lowest BCUT2D eigenvalue weighted by molar-refractivity contribution is 0.135. The summed E-state index contributed by atoms with van der Waals surface area (Å²) in [6.45, 7) is 0.440. The van der Waals surface area contributed by atoms with E-state index in [0.29, 0.717) is 24.6 Å². The van der Waals surface area contributed by atoms with Crippen LogP contribution >= 0.6 is 0 Å². The molecule has 1 saturated carbocycles. The van der Waals surface area contributed by atoms with E-state index in [9.17, 15) is 13.9 Å². The molecular formula is C16H24F2N2O. The van der Waals surface area contributed by atoms with Crippen LogP contribution in [0.15, 0.2) is 18.2 Å². The molecule has 0 spiro atoms. The summed E-state index contributed by atoms with van der Waals surface area (Å²) < 4.78 is 26.0. The fourth-order valence-electron chi connectivity index (χ4n) is 2.82. The highest BCUT2D eigenvalue weighted by Gasteiger charge is 2.19. The van der Waals surface area contributed by atoms with Gasteiger partial charge in [-0.25, -0.2) is 8.78 Å². The lowest BCUT2D eigenvalue weighted by atomic mass is 9.95. The SMILES string of the molecule is N[C@@H](Cc1ccc(F)c(F)c1)[C@H](O)CNC1CCCCC1. The maximum absolute atomic E-state index is 13.1. The van der Waals surface area contributed by atoms with Crippen molar-refractivity contribution < 1.29 is 13.9 Å². The van der Waals surface area contributed by atoms with Crippen LogP contribution < -0.4 is 11.1 Å². The summed E-state index contributed by atoms with van der Waals surface area (Å²) in [5, 5.41) is 13.4. The molecule has 0 amide bonds. The van der Waals surface area contributed by atoms with Gasteiger partial charge in [0, 0.05) is 18.6 Å². The number of hydrogen-bond donors (Lipinski definition) is 3. The van der Waals surface area contributed by atoms with Gasteiger partial charge in [-0.2, -0.15) is 0 Å². The van der Waals surface area contributed by atoms with Crippen molar-refractivity contribution >= 4 is 0 Å². The summed E-state index contributed by atoms with van der Waals surface area (Å²) in [5.74, 6) is -1.75. The second-order valence-corrected chi connectivity index (χ2v) is 5.93. The zero-order valence-corrected chi connectivity index (χ0v) is 12.2. The number of benzene rings is 1. The molecule has 0 radical (unpaired) electrons. The van der Waals surface area contributed by atoms with Crippen molar-refractivity contribution in [2.75, 3.05) is 6.54 Å². The van der Waals surface area contributed by atoms with Crippen LogP contribution in [-0.2, 0) is 6.42 Å². The molecule has 1 aliphatic carbocycles. The molecule has 1 aromatic rings. The third-order valence-corrected chi connectivity index (χ3v) is 4.17. The summed E-state index contributed by atoms with van der Waals surface area (Å²) in [4.78, 5) is 0. The lowest BCUT2D eigenvalue weighted by Gasteiger charge is -2.26. The summed E-state index contributed by atoms with van der Waals surface area (Å²) in [6.07, 6.45) is 5.67. The van der Waals surface area contributed by atoms with Crippen LogP contribution in [0.25, 0.3) is 0 Å². The summed E-state index contributed by atoms with van der Waals surface area (Å²) in [5.41, 5.74) is 6.54. The molecule has 118 valence electrons. The van der Waals surface area contributed by atoms with Crippen LogP contribution in [0.5, 0.6) is 0 Å². The molecule has 0 bridgehead atoms. The van der Waals surface area contributed by atoms with Crippen LogP contribution in [-0.4, -0.2) is 29.8 Å². The van der Waals surface area contributed by atoms with Crippen molar-refractivity contribution in [2.24, 2.45) is 5.73 Å². The first kappa shape index (κ1) is 16.3. The van der Waals surface area contributed by atoms with Gasteiger partial charge in [-0.3, -0.25) is 0 Å². The van der Waals surface area contributed by atoms with Crippen molar-refractivity contribution in [3.05, 3.63) is 35.4 Å². The van der Waals surface area contributed by atoms with Crippen molar-refractivity contribution in [1.82, 2.24) is 5.32 Å². The minimum atomic E-state index is -0.880. The molecule has 0 aliphatic heterocycles. The second-order valence-electron chi connectivity index (χ2n) is 5.93. The molecule has 4 N–H and O–H groups in total. The van der Waals surface area contributed by atoms with Crippen LogP contribution in [0, 0.1) is 11.6 Å². The minimum absolute atomic E-state index is 0.324. The Balaban J connectivity index is 1.78. The van der Waals surface area contributed by atoms with Crippen molar-refractivity contribution in [2.45, 2.75) is 56.7 Å². The third-order valence-electron chi connectivity index (χ3n) is 4.17. The second kappa shape index (κ2) is 7.82. The van der Waals surface area contributed by atoms with Crippen molar-refractivity contribution in [3.8, 4) is 0 Å². The fourth-order valence-corrected chi connectivity index (χ4v) is 2.82. The number of rotatable bonds is 6. The Bertz CT molecular complexity index is 450. The molecular weight excluding hydrogens is 274 g/mol. The van der Waals surface area contributed by atoms with E-state index in [1.54, 1.807) is 0 Å². The van der Waals surface area contributed by atoms with Crippen molar-refractivity contribution in [3.63, 3.8) is 0 Å². The molecule has 0 aromatic heterocycles. The van der Waals surface area contributed by atoms with Gasteiger partial charge < -0.3 is 16.2 Å². The molecule has 0 unspecified atom stereocenters. The number of hydrogen-bond acceptors (Lipinski definition) is 3. The Morgan fingerprint density at radius 2 is 1.90 bits per heavy atom. The van der Waals surface area contributed by atoms with Crippen LogP contribution in [0.1, 0.15) is 37.7 Å². The highest BCUT2D eigenvalue weighted by Crippen LogP contribution is 2.17. The van der Waals surface area contributed by atoms with E-state index in [-0.39, 0.29) is 0 Å². The predicted octanol–water partition coefficient (Wildman–Crippen LogP) is 2.12. The molecule has 0 saturated heterocycles. The normalized spacial score (nSPS) is 19.4. The zero-order chi connectivity index (χ0) is 15.2. The van der Waals surface area contributed by atoms with Gasteiger partial charge in [0.05, 0.1) is 6.10 Å². The summed E-state index contributed by atoms with van der Waals surface area (Å²) in [7, 11) is 0. The van der Waals surface area contributed by atoms with E-state index < -0.39 is 23.8 Å². The molecule has 3 nitrogen and oxygen atoms in total. The van der Waals surface area contributed by atoms with Crippen LogP contribution in [0.3, 0.4) is 0 Å². The standard InChI is InChI=1S/C16H24F2N2O/c17-13-7-6-11(8-14(13)18)9-15(19)16(21)10-20-12-4-2-1-3-5-12/h6-8,12,15-16,20-21H,1-5,9-10,19H2/t15-,16+/m0/s1. The monoisotopic (exact) mass is 298 g/mol. The van der Waals surface area contributed by atoms with Gasteiger partial charge in [-0.05, 0) is 37.0 Å². The van der Waals surface area contributed by atoms with Gasteiger partial charge in [0.1, 0.15) is 0 Å². The van der Waals surface area contributed by atoms with Crippen LogP contribution in [0.4, 0.5) is 8.78 Å². The maximum atomic E-state index is 13.1. The van der Waals surface area contributed by atoms with E-state index in [2.05, 4.69) is 5.32 Å². The molecule has 1 fully saturated rings. The minimum Gasteiger partial charge on any atom is -0.390 e. The Morgan fingerprint density at radius 1 is 1.19 bits per heavy atom. The topological polar surface area (TPSA) is 58.3 Å². The highest BCUT2D eigenvalue weighted by molar-refractivity contribution is 5.19. The number of nitrogens with one attached hydrogen (secondary N) is 1. The number of nitrogens with two attached hydrogens (primary N) is 1. The first-order chi connectivity index (χ1) is 10.1. The first-order valence-corrected chi connectivity index (χ1v) is 7.67. The van der Waals surface area contributed by atoms with Gasteiger partial charge in [0.15, 0.2) is 11.6 Å². The number of aliphatic hydroxyl groups is 1. The summed E-state index contributed by atoms with van der Waals surface area (Å²) >= 11 is 0. The molecule has 2 atom stereocenters. The number of aliphatic hydroxyl groups excluding tert-OH is 1. The Hall–Kier alpha value is -1.04. The van der Waals surface area contributed by atoms with Gasteiger partial charge in [-0.1, -0.05) is 25.3 Å². The average Bonchev–Trinajstić information content (AvgIpc) is 2.49. The predicted molar refractivity (Wildman–Crippen MR) is 78.9 cm³/mol. The smallest absolute Gasteiger partial charge is 0.159 e. The Labute approximate surface area is 124 Å². The van der Waals surface area contributed by atoms with Crippen molar-refractivity contribution in [1.29, 1.82) is 0 Å². The molecule has 1 aliphatic rings. The Kier molecular flexibility index (Phi) is 6.08. The first-order valence-electron chi connectivity index (χ1n) is 7.67. The van der Waals surface area contributed by atoms with E-state index in [1.165, 1.54) is 25.3 Å². The molecule has 5 heteroatoms. The van der Waals surface area contributed by atoms with Gasteiger partial charge in [0.25, 0.3) is 0 Å². The third kappa shape index (κ3) is 5.02. The molecule has 21 heavy (non-hydrogen) atoms. The fraction of sp³-hybridized carbons (Fsp3) is 0.625. The van der Waals surface area contributed by atoms with E-state index in [0.717, 1.165) is 25.0 Å². The maximum Gasteiger partial charge on any atom is 0.159 e. The van der Waals surface area contributed by atoms with E-state index in [4.69, 9.17) is 5.73 Å². The average molecular weight is 298 g/mol. The largest absolute Gasteiger partial charge is 0.390 e. The molecule has 2 rings (SSSR count).